The van der Waals surface area contributed by atoms with Crippen molar-refractivity contribution >= 4 is 33.8 Å². The number of fused-ring (bicyclic) bond motifs is 1. The van der Waals surface area contributed by atoms with Crippen LogP contribution >= 0.6 is 11.3 Å². The third kappa shape index (κ3) is 3.38. The molecule has 0 radical (unpaired) electrons. The zero-order chi connectivity index (χ0) is 14.5. The molecule has 21 heavy (non-hydrogen) atoms. The Morgan fingerprint density at radius 1 is 1.19 bits per heavy atom. The molecule has 2 heterocycles. The SMILES string of the molecule is O=C(NCCc1cccs1)Nc1cccc2cnccc12. The summed E-state index contributed by atoms with van der Waals surface area (Å²) in [5.41, 5.74) is 0.795. The molecular weight excluding hydrogens is 282 g/mol. The van der Waals surface area contributed by atoms with E-state index < -0.39 is 0 Å². The van der Waals surface area contributed by atoms with Crippen LogP contribution in [0.5, 0.6) is 0 Å². The van der Waals surface area contributed by atoms with Crippen LogP contribution in [0.3, 0.4) is 0 Å². The predicted octanol–water partition coefficient (Wildman–Crippen LogP) is 3.66. The number of pyridine rings is 1. The molecule has 5 heteroatoms. The van der Waals surface area contributed by atoms with Crippen LogP contribution in [-0.2, 0) is 6.42 Å². The van der Waals surface area contributed by atoms with E-state index in [1.807, 2.05) is 35.7 Å². The number of amides is 2. The molecule has 0 bridgehead atoms. The highest BCUT2D eigenvalue weighted by atomic mass is 32.1. The van der Waals surface area contributed by atoms with Gasteiger partial charge in [0.2, 0.25) is 0 Å². The van der Waals surface area contributed by atoms with Gasteiger partial charge in [-0.15, -0.1) is 11.3 Å². The van der Waals surface area contributed by atoms with E-state index in [9.17, 15) is 4.79 Å². The average Bonchev–Trinajstić information content (AvgIpc) is 3.01. The molecule has 1 aromatic carbocycles. The molecule has 4 nitrogen and oxygen atoms in total. The van der Waals surface area contributed by atoms with Crippen molar-refractivity contribution in [2.24, 2.45) is 0 Å². The molecule has 3 rings (SSSR count). The van der Waals surface area contributed by atoms with Gasteiger partial charge in [0.25, 0.3) is 0 Å². The van der Waals surface area contributed by atoms with E-state index >= 15 is 0 Å². The van der Waals surface area contributed by atoms with Gasteiger partial charge in [0.15, 0.2) is 0 Å². The molecule has 0 fully saturated rings. The summed E-state index contributed by atoms with van der Waals surface area (Å²) in [7, 11) is 0. The van der Waals surface area contributed by atoms with E-state index in [1.54, 1.807) is 23.7 Å². The van der Waals surface area contributed by atoms with E-state index in [2.05, 4.69) is 21.7 Å². The minimum absolute atomic E-state index is 0.184. The van der Waals surface area contributed by atoms with Crippen molar-refractivity contribution in [3.05, 3.63) is 59.0 Å². The molecule has 3 aromatic rings. The first-order chi connectivity index (χ1) is 10.3. The molecule has 0 spiro atoms. The van der Waals surface area contributed by atoms with Gasteiger partial charge in [-0.3, -0.25) is 4.98 Å². The number of anilines is 1. The number of aromatic nitrogens is 1. The third-order valence-electron chi connectivity index (χ3n) is 3.17. The van der Waals surface area contributed by atoms with Crippen LogP contribution in [0, 0.1) is 0 Å². The highest BCUT2D eigenvalue weighted by Gasteiger charge is 2.05. The highest BCUT2D eigenvalue weighted by molar-refractivity contribution is 7.09. The Balaban J connectivity index is 1.61. The summed E-state index contributed by atoms with van der Waals surface area (Å²) in [6, 6.07) is 11.6. The van der Waals surface area contributed by atoms with Crippen molar-refractivity contribution in [3.63, 3.8) is 0 Å². The van der Waals surface area contributed by atoms with Gasteiger partial charge in [-0.2, -0.15) is 0 Å². The zero-order valence-corrected chi connectivity index (χ0v) is 12.2. The van der Waals surface area contributed by atoms with Crippen LogP contribution < -0.4 is 10.6 Å². The van der Waals surface area contributed by atoms with Crippen molar-refractivity contribution in [3.8, 4) is 0 Å². The summed E-state index contributed by atoms with van der Waals surface area (Å²) < 4.78 is 0. The van der Waals surface area contributed by atoms with Gasteiger partial charge < -0.3 is 10.6 Å². The molecule has 106 valence electrons. The standard InChI is InChI=1S/C16H15N3OS/c20-16(18-9-6-13-4-2-10-21-13)19-15-5-1-3-12-11-17-8-7-14(12)15/h1-5,7-8,10-11H,6,9H2,(H2,18,19,20). The first-order valence-corrected chi connectivity index (χ1v) is 7.61. The summed E-state index contributed by atoms with van der Waals surface area (Å²) in [5, 5.41) is 9.80. The summed E-state index contributed by atoms with van der Waals surface area (Å²) >= 11 is 1.70. The van der Waals surface area contributed by atoms with Crippen molar-refractivity contribution in [1.82, 2.24) is 10.3 Å². The van der Waals surface area contributed by atoms with Crippen LogP contribution in [0.2, 0.25) is 0 Å². The van der Waals surface area contributed by atoms with Crippen LogP contribution in [0.15, 0.2) is 54.2 Å². The van der Waals surface area contributed by atoms with E-state index in [4.69, 9.17) is 0 Å². The second kappa shape index (κ2) is 6.37. The Morgan fingerprint density at radius 2 is 2.14 bits per heavy atom. The Morgan fingerprint density at radius 3 is 3.00 bits per heavy atom. The second-order valence-electron chi connectivity index (χ2n) is 4.61. The smallest absolute Gasteiger partial charge is 0.319 e. The fraction of sp³-hybridized carbons (Fsp3) is 0.125. The van der Waals surface area contributed by atoms with Gasteiger partial charge in [0, 0.05) is 34.6 Å². The molecule has 0 aliphatic heterocycles. The summed E-state index contributed by atoms with van der Waals surface area (Å²) in [5.74, 6) is 0. The molecule has 2 N–H and O–H groups in total. The lowest BCUT2D eigenvalue weighted by Crippen LogP contribution is -2.30. The quantitative estimate of drug-likeness (QED) is 0.772. The monoisotopic (exact) mass is 297 g/mol. The van der Waals surface area contributed by atoms with Gasteiger partial charge in [0.05, 0.1) is 5.69 Å². The van der Waals surface area contributed by atoms with Crippen molar-refractivity contribution in [2.45, 2.75) is 6.42 Å². The second-order valence-corrected chi connectivity index (χ2v) is 5.64. The third-order valence-corrected chi connectivity index (χ3v) is 4.10. The zero-order valence-electron chi connectivity index (χ0n) is 11.4. The van der Waals surface area contributed by atoms with Crippen LogP contribution in [-0.4, -0.2) is 17.6 Å². The molecule has 0 saturated heterocycles. The van der Waals surface area contributed by atoms with Crippen LogP contribution in [0.1, 0.15) is 4.88 Å². The van der Waals surface area contributed by atoms with E-state index in [0.717, 1.165) is 22.9 Å². The highest BCUT2D eigenvalue weighted by Crippen LogP contribution is 2.21. The fourth-order valence-electron chi connectivity index (χ4n) is 2.15. The summed E-state index contributed by atoms with van der Waals surface area (Å²) in [4.78, 5) is 17.3. The Kier molecular flexibility index (Phi) is 4.12. The van der Waals surface area contributed by atoms with Crippen molar-refractivity contribution in [2.75, 3.05) is 11.9 Å². The normalized spacial score (nSPS) is 10.5. The maximum absolute atomic E-state index is 12.0. The first-order valence-electron chi connectivity index (χ1n) is 6.73. The number of thiophene rings is 1. The molecule has 0 saturated carbocycles. The fourth-order valence-corrected chi connectivity index (χ4v) is 2.86. The maximum Gasteiger partial charge on any atom is 0.319 e. The first kappa shape index (κ1) is 13.6. The minimum atomic E-state index is -0.184. The number of carbonyl (C=O) groups excluding carboxylic acids is 1. The summed E-state index contributed by atoms with van der Waals surface area (Å²) in [6.07, 6.45) is 4.36. The average molecular weight is 297 g/mol. The molecule has 0 atom stereocenters. The van der Waals surface area contributed by atoms with E-state index in [0.29, 0.717) is 6.54 Å². The number of nitrogens with one attached hydrogen (secondary N) is 2. The minimum Gasteiger partial charge on any atom is -0.338 e. The molecule has 0 unspecified atom stereocenters. The summed E-state index contributed by atoms with van der Waals surface area (Å²) in [6.45, 7) is 0.624. The Hall–Kier alpha value is -2.40. The number of hydrogen-bond acceptors (Lipinski definition) is 3. The van der Waals surface area contributed by atoms with Gasteiger partial charge in [-0.05, 0) is 30.0 Å². The number of hydrogen-bond donors (Lipinski definition) is 2. The largest absolute Gasteiger partial charge is 0.338 e. The van der Waals surface area contributed by atoms with Crippen molar-refractivity contribution in [1.29, 1.82) is 0 Å². The lowest BCUT2D eigenvalue weighted by molar-refractivity contribution is 0.252. The van der Waals surface area contributed by atoms with Crippen molar-refractivity contribution < 1.29 is 4.79 Å². The van der Waals surface area contributed by atoms with Gasteiger partial charge in [-0.25, -0.2) is 4.79 Å². The van der Waals surface area contributed by atoms with Gasteiger partial charge >= 0.3 is 6.03 Å². The molecule has 0 aliphatic rings. The lowest BCUT2D eigenvalue weighted by Gasteiger charge is -2.09. The maximum atomic E-state index is 12.0. The topological polar surface area (TPSA) is 54.0 Å². The van der Waals surface area contributed by atoms with E-state index in [1.165, 1.54) is 4.88 Å². The number of benzene rings is 1. The van der Waals surface area contributed by atoms with Gasteiger partial charge in [0.1, 0.15) is 0 Å². The lowest BCUT2D eigenvalue weighted by atomic mass is 10.1. The molecule has 0 aliphatic carbocycles. The molecule has 2 amide bonds. The Bertz CT molecular complexity index is 735. The number of carbonyl (C=O) groups is 1. The predicted molar refractivity (Wildman–Crippen MR) is 86.8 cm³/mol. The Labute approximate surface area is 126 Å². The van der Waals surface area contributed by atoms with Crippen LogP contribution in [0.25, 0.3) is 10.8 Å². The number of urea groups is 1. The van der Waals surface area contributed by atoms with Gasteiger partial charge in [-0.1, -0.05) is 18.2 Å². The van der Waals surface area contributed by atoms with Crippen LogP contribution in [0.4, 0.5) is 10.5 Å². The molecular formula is C16H15N3OS. The van der Waals surface area contributed by atoms with E-state index in [-0.39, 0.29) is 6.03 Å². The molecule has 2 aromatic heterocycles. The number of rotatable bonds is 4. The number of nitrogens with zero attached hydrogens (tertiary/aromatic N) is 1.